The van der Waals surface area contributed by atoms with E-state index in [-0.39, 0.29) is 12.5 Å². The molecule has 1 aliphatic heterocycles. The van der Waals surface area contributed by atoms with Crippen LogP contribution in [-0.2, 0) is 0 Å². The number of aliphatic hydroxyl groups is 1. The number of hydrogen-bond donors (Lipinski definition) is 1. The molecule has 16 heavy (non-hydrogen) atoms. The van der Waals surface area contributed by atoms with Gasteiger partial charge in [0.15, 0.2) is 0 Å². The van der Waals surface area contributed by atoms with Crippen LogP contribution in [0.4, 0.5) is 0 Å². The number of hydrogen-bond acceptors (Lipinski definition) is 4. The lowest BCUT2D eigenvalue weighted by Crippen LogP contribution is -2.39. The summed E-state index contributed by atoms with van der Waals surface area (Å²) < 4.78 is 0. The van der Waals surface area contributed by atoms with Crippen LogP contribution in [0, 0.1) is 12.8 Å². The van der Waals surface area contributed by atoms with Crippen molar-refractivity contribution in [3.8, 4) is 0 Å². The van der Waals surface area contributed by atoms with Crippen molar-refractivity contribution < 1.29 is 9.90 Å². The smallest absolute Gasteiger partial charge is 0.265 e. The summed E-state index contributed by atoms with van der Waals surface area (Å²) in [7, 11) is 0. The minimum Gasteiger partial charge on any atom is -0.396 e. The van der Waals surface area contributed by atoms with Crippen LogP contribution in [0.25, 0.3) is 0 Å². The molecule has 5 heteroatoms. The van der Waals surface area contributed by atoms with Crippen molar-refractivity contribution in [1.29, 1.82) is 0 Å². The molecule has 1 aromatic rings. The molecule has 0 saturated carbocycles. The second kappa shape index (κ2) is 4.93. The van der Waals surface area contributed by atoms with E-state index in [0.29, 0.717) is 5.92 Å². The Bertz CT molecular complexity index is 370. The van der Waals surface area contributed by atoms with E-state index in [1.165, 1.54) is 11.3 Å². The van der Waals surface area contributed by atoms with E-state index in [1.54, 1.807) is 5.51 Å². The maximum Gasteiger partial charge on any atom is 0.265 e. The fourth-order valence-electron chi connectivity index (χ4n) is 1.97. The van der Waals surface area contributed by atoms with E-state index < -0.39 is 0 Å². The quantitative estimate of drug-likeness (QED) is 0.847. The monoisotopic (exact) mass is 240 g/mol. The van der Waals surface area contributed by atoms with Crippen LogP contribution in [0.2, 0.25) is 0 Å². The van der Waals surface area contributed by atoms with Crippen molar-refractivity contribution in [2.45, 2.75) is 19.8 Å². The van der Waals surface area contributed by atoms with E-state index in [4.69, 9.17) is 5.11 Å². The number of aliphatic hydroxyl groups excluding tert-OH is 1. The topological polar surface area (TPSA) is 53.4 Å². The third-order valence-corrected chi connectivity index (χ3v) is 4.02. The van der Waals surface area contributed by atoms with Gasteiger partial charge in [-0.15, -0.1) is 11.3 Å². The number of likely N-dealkylation sites (tertiary alicyclic amines) is 1. The molecule has 0 aliphatic carbocycles. The van der Waals surface area contributed by atoms with Crippen molar-refractivity contribution in [3.63, 3.8) is 0 Å². The summed E-state index contributed by atoms with van der Waals surface area (Å²) in [6.45, 7) is 3.61. The number of amides is 1. The Hall–Kier alpha value is -0.940. The average molecular weight is 240 g/mol. The summed E-state index contributed by atoms with van der Waals surface area (Å²) in [5.74, 6) is 0.461. The minimum absolute atomic E-state index is 0.0939. The Morgan fingerprint density at radius 3 is 2.81 bits per heavy atom. The van der Waals surface area contributed by atoms with Crippen molar-refractivity contribution in [2.75, 3.05) is 19.7 Å². The van der Waals surface area contributed by atoms with Crippen LogP contribution in [-0.4, -0.2) is 40.6 Å². The Labute approximate surface area is 98.9 Å². The minimum atomic E-state index is 0.0939. The number of carbonyl (C=O) groups is 1. The van der Waals surface area contributed by atoms with Crippen LogP contribution in [0.1, 0.15) is 28.2 Å². The van der Waals surface area contributed by atoms with Gasteiger partial charge in [0.1, 0.15) is 4.88 Å². The molecule has 1 aliphatic rings. The highest BCUT2D eigenvalue weighted by atomic mass is 32.1. The van der Waals surface area contributed by atoms with Gasteiger partial charge in [0.05, 0.1) is 11.2 Å². The van der Waals surface area contributed by atoms with Crippen LogP contribution < -0.4 is 0 Å². The Morgan fingerprint density at radius 1 is 1.62 bits per heavy atom. The SMILES string of the molecule is Cc1ncsc1C(=O)N1CCC(CO)CC1. The third kappa shape index (κ3) is 2.25. The van der Waals surface area contributed by atoms with Crippen LogP contribution in [0.3, 0.4) is 0 Å². The standard InChI is InChI=1S/C11H16N2O2S/c1-8-10(16-7-12-8)11(15)13-4-2-9(6-14)3-5-13/h7,9,14H,2-6H2,1H3. The van der Waals surface area contributed by atoms with Crippen LogP contribution in [0.15, 0.2) is 5.51 Å². The Balaban J connectivity index is 2.00. The van der Waals surface area contributed by atoms with E-state index in [1.807, 2.05) is 11.8 Å². The maximum absolute atomic E-state index is 12.1. The third-order valence-electron chi connectivity index (χ3n) is 3.10. The lowest BCUT2D eigenvalue weighted by atomic mass is 9.98. The first-order valence-corrected chi connectivity index (χ1v) is 6.40. The Morgan fingerprint density at radius 2 is 2.31 bits per heavy atom. The summed E-state index contributed by atoms with van der Waals surface area (Å²) in [5, 5.41) is 9.03. The molecule has 88 valence electrons. The lowest BCUT2D eigenvalue weighted by molar-refractivity contribution is 0.0654. The first kappa shape index (κ1) is 11.5. The number of carbonyl (C=O) groups excluding carboxylic acids is 1. The molecule has 1 N–H and O–H groups in total. The number of aryl methyl sites for hydroxylation is 1. The molecule has 1 fully saturated rings. The van der Waals surface area contributed by atoms with E-state index in [2.05, 4.69) is 4.98 Å². The fraction of sp³-hybridized carbons (Fsp3) is 0.636. The number of rotatable bonds is 2. The van der Waals surface area contributed by atoms with Gasteiger partial charge in [0, 0.05) is 19.7 Å². The summed E-state index contributed by atoms with van der Waals surface area (Å²) in [6, 6.07) is 0. The highest BCUT2D eigenvalue weighted by Crippen LogP contribution is 2.21. The van der Waals surface area contributed by atoms with Crippen LogP contribution in [0.5, 0.6) is 0 Å². The van der Waals surface area contributed by atoms with Crippen molar-refractivity contribution in [3.05, 3.63) is 16.1 Å². The molecule has 2 rings (SSSR count). The summed E-state index contributed by atoms with van der Waals surface area (Å²) in [6.07, 6.45) is 1.81. The normalized spacial score (nSPS) is 17.8. The molecule has 2 heterocycles. The fourth-order valence-corrected chi connectivity index (χ4v) is 2.74. The van der Waals surface area contributed by atoms with Gasteiger partial charge in [-0.25, -0.2) is 4.98 Å². The molecular formula is C11H16N2O2S. The zero-order valence-corrected chi connectivity index (χ0v) is 10.2. The van der Waals surface area contributed by atoms with Gasteiger partial charge >= 0.3 is 0 Å². The zero-order valence-electron chi connectivity index (χ0n) is 9.35. The second-order valence-corrected chi connectivity index (χ2v) is 5.04. The molecular weight excluding hydrogens is 224 g/mol. The number of thiazole rings is 1. The predicted octanol–water partition coefficient (Wildman–Crippen LogP) is 1.30. The molecule has 1 amide bonds. The number of aromatic nitrogens is 1. The van der Waals surface area contributed by atoms with Gasteiger partial charge in [0.2, 0.25) is 0 Å². The highest BCUT2D eigenvalue weighted by molar-refractivity contribution is 7.11. The first-order valence-electron chi connectivity index (χ1n) is 5.52. The molecule has 0 aromatic carbocycles. The average Bonchev–Trinajstić information content (AvgIpc) is 2.75. The second-order valence-electron chi connectivity index (χ2n) is 4.19. The van der Waals surface area contributed by atoms with Crippen LogP contribution >= 0.6 is 11.3 Å². The first-order chi connectivity index (χ1) is 7.72. The molecule has 1 aromatic heterocycles. The summed E-state index contributed by atoms with van der Waals surface area (Å²) >= 11 is 1.41. The Kier molecular flexibility index (Phi) is 3.56. The highest BCUT2D eigenvalue weighted by Gasteiger charge is 2.24. The van der Waals surface area contributed by atoms with E-state index in [0.717, 1.165) is 36.5 Å². The van der Waals surface area contributed by atoms with Crippen molar-refractivity contribution >= 4 is 17.2 Å². The molecule has 4 nitrogen and oxygen atoms in total. The maximum atomic E-state index is 12.1. The zero-order chi connectivity index (χ0) is 11.5. The summed E-state index contributed by atoms with van der Waals surface area (Å²) in [5.41, 5.74) is 2.53. The van der Waals surface area contributed by atoms with Gasteiger partial charge in [-0.1, -0.05) is 0 Å². The molecule has 0 bridgehead atoms. The largest absolute Gasteiger partial charge is 0.396 e. The molecule has 0 atom stereocenters. The van der Waals surface area contributed by atoms with Gasteiger partial charge < -0.3 is 10.0 Å². The van der Waals surface area contributed by atoms with Crippen molar-refractivity contribution in [2.24, 2.45) is 5.92 Å². The molecule has 0 radical (unpaired) electrons. The van der Waals surface area contributed by atoms with E-state index in [9.17, 15) is 4.79 Å². The predicted molar refractivity (Wildman–Crippen MR) is 62.6 cm³/mol. The molecule has 0 unspecified atom stereocenters. The van der Waals surface area contributed by atoms with Gasteiger partial charge in [-0.05, 0) is 25.7 Å². The number of piperidine rings is 1. The summed E-state index contributed by atoms with van der Waals surface area (Å²) in [4.78, 5) is 18.8. The van der Waals surface area contributed by atoms with Gasteiger partial charge in [-0.3, -0.25) is 4.79 Å². The van der Waals surface area contributed by atoms with Gasteiger partial charge in [0.25, 0.3) is 5.91 Å². The molecule has 1 saturated heterocycles. The number of nitrogens with zero attached hydrogens (tertiary/aromatic N) is 2. The van der Waals surface area contributed by atoms with E-state index >= 15 is 0 Å². The molecule has 0 spiro atoms. The van der Waals surface area contributed by atoms with Crippen molar-refractivity contribution in [1.82, 2.24) is 9.88 Å². The lowest BCUT2D eigenvalue weighted by Gasteiger charge is -2.30. The van der Waals surface area contributed by atoms with Gasteiger partial charge in [-0.2, -0.15) is 0 Å².